The van der Waals surface area contributed by atoms with Crippen molar-refractivity contribution in [2.24, 2.45) is 0 Å². The number of likely N-dealkylation sites (N-methyl/N-ethyl adjacent to an activating group) is 1. The van der Waals surface area contributed by atoms with E-state index in [4.69, 9.17) is 11.6 Å². The molecule has 1 aliphatic heterocycles. The highest BCUT2D eigenvalue weighted by Gasteiger charge is 2.33. The van der Waals surface area contributed by atoms with Gasteiger partial charge in [0.2, 0.25) is 0 Å². The number of fused-ring (bicyclic) bond motifs is 3. The van der Waals surface area contributed by atoms with Crippen LogP contribution in [0, 0.1) is 11.6 Å². The summed E-state index contributed by atoms with van der Waals surface area (Å²) in [6.07, 6.45) is 0.851. The third-order valence-electron chi connectivity index (χ3n) is 5.36. The van der Waals surface area contributed by atoms with E-state index in [0.717, 1.165) is 41.7 Å². The molecule has 142 valence electrons. The topological polar surface area (TPSA) is 8.17 Å². The van der Waals surface area contributed by atoms with Crippen LogP contribution in [0.25, 0.3) is 10.9 Å². The van der Waals surface area contributed by atoms with E-state index in [1.165, 1.54) is 18.6 Å². The maximum atomic E-state index is 15.6. The fourth-order valence-electron chi connectivity index (χ4n) is 4.02. The van der Waals surface area contributed by atoms with Crippen molar-refractivity contribution in [2.75, 3.05) is 13.6 Å². The minimum absolute atomic E-state index is 0.0587. The van der Waals surface area contributed by atoms with Crippen LogP contribution in [0.1, 0.15) is 23.7 Å². The van der Waals surface area contributed by atoms with Gasteiger partial charge < -0.3 is 9.47 Å². The summed E-state index contributed by atoms with van der Waals surface area (Å²) in [6.45, 7) is 2.88. The van der Waals surface area contributed by atoms with Gasteiger partial charge in [0.25, 0.3) is 0 Å². The molecule has 1 aliphatic rings. The van der Waals surface area contributed by atoms with Crippen LogP contribution in [0.4, 0.5) is 13.2 Å². The number of hydrogen-bond donors (Lipinski definition) is 0. The largest absolute Gasteiger partial charge is 0.339 e. The number of halogens is 4. The molecule has 0 spiro atoms. The summed E-state index contributed by atoms with van der Waals surface area (Å²) in [4.78, 5) is 2.17. The second kappa shape index (κ2) is 6.57. The molecule has 0 saturated heterocycles. The highest BCUT2D eigenvalue weighted by molar-refractivity contribution is 6.31. The molecule has 0 amide bonds. The van der Waals surface area contributed by atoms with E-state index in [0.29, 0.717) is 11.6 Å². The van der Waals surface area contributed by atoms with Crippen molar-refractivity contribution in [3.8, 4) is 0 Å². The molecule has 0 fully saturated rings. The van der Waals surface area contributed by atoms with Crippen LogP contribution in [0.5, 0.6) is 0 Å². The quantitative estimate of drug-likeness (QED) is 0.575. The molecule has 0 bridgehead atoms. The zero-order chi connectivity index (χ0) is 19.3. The first-order valence-corrected chi connectivity index (χ1v) is 9.26. The lowest BCUT2D eigenvalue weighted by atomic mass is 9.96. The lowest BCUT2D eigenvalue weighted by molar-refractivity contribution is 0.154. The molecule has 4 rings (SSSR count). The van der Waals surface area contributed by atoms with E-state index in [1.807, 2.05) is 23.7 Å². The molecule has 0 saturated carbocycles. The van der Waals surface area contributed by atoms with E-state index < -0.39 is 17.3 Å². The molecule has 6 heteroatoms. The molecule has 0 N–H and O–H groups in total. The normalized spacial score (nSPS) is 17.1. The Kier molecular flexibility index (Phi) is 4.47. The fraction of sp³-hybridized carbons (Fsp3) is 0.333. The summed E-state index contributed by atoms with van der Waals surface area (Å²) in [5, 5.41) is 1.65. The molecule has 3 aromatic rings. The number of nitrogens with zero attached hydrogens (tertiary/aromatic N) is 2. The van der Waals surface area contributed by atoms with Gasteiger partial charge in [-0.2, -0.15) is 0 Å². The third kappa shape index (κ3) is 3.23. The van der Waals surface area contributed by atoms with E-state index in [9.17, 15) is 8.78 Å². The van der Waals surface area contributed by atoms with Gasteiger partial charge in [-0.25, -0.2) is 13.2 Å². The fourth-order valence-corrected chi connectivity index (χ4v) is 4.19. The van der Waals surface area contributed by atoms with Crippen LogP contribution >= 0.6 is 11.6 Å². The Morgan fingerprint density at radius 1 is 1.15 bits per heavy atom. The summed E-state index contributed by atoms with van der Waals surface area (Å²) in [5.74, 6) is -1.59. The Hall–Kier alpha value is -1.98. The van der Waals surface area contributed by atoms with Crippen LogP contribution in [0.2, 0.25) is 5.02 Å². The first kappa shape index (κ1) is 18.4. The maximum absolute atomic E-state index is 15.6. The molecule has 1 aromatic heterocycles. The number of alkyl halides is 1. The summed E-state index contributed by atoms with van der Waals surface area (Å²) in [7, 11) is 2.02. The number of benzene rings is 2. The van der Waals surface area contributed by atoms with Gasteiger partial charge in [0.15, 0.2) is 5.67 Å². The standard InChI is InChI=1S/C21H20ClF3N2/c1-21(25,17-5-4-14(23)10-18(17)24)12-27-19-6-3-13(22)9-16(19)15-7-8-26(2)11-20(15)27/h3-6,9-10H,7-8,11-12H2,1-2H3. The Morgan fingerprint density at radius 2 is 1.93 bits per heavy atom. The Labute approximate surface area is 161 Å². The summed E-state index contributed by atoms with van der Waals surface area (Å²) in [6, 6.07) is 8.57. The average Bonchev–Trinajstić information content (AvgIpc) is 2.86. The molecule has 2 nitrogen and oxygen atoms in total. The number of aromatic nitrogens is 1. The Balaban J connectivity index is 1.85. The summed E-state index contributed by atoms with van der Waals surface area (Å²) in [5.41, 5.74) is 0.935. The van der Waals surface area contributed by atoms with Crippen molar-refractivity contribution >= 4 is 22.5 Å². The van der Waals surface area contributed by atoms with Gasteiger partial charge in [0, 0.05) is 46.3 Å². The zero-order valence-electron chi connectivity index (χ0n) is 15.2. The minimum Gasteiger partial charge on any atom is -0.339 e. The molecule has 27 heavy (non-hydrogen) atoms. The van der Waals surface area contributed by atoms with Gasteiger partial charge in [0.1, 0.15) is 11.6 Å². The number of hydrogen-bond acceptors (Lipinski definition) is 1. The van der Waals surface area contributed by atoms with Gasteiger partial charge in [-0.05, 0) is 56.3 Å². The monoisotopic (exact) mass is 392 g/mol. The van der Waals surface area contributed by atoms with Crippen LogP contribution in [-0.2, 0) is 25.2 Å². The minimum atomic E-state index is -1.99. The van der Waals surface area contributed by atoms with E-state index >= 15 is 4.39 Å². The molecular weight excluding hydrogens is 373 g/mol. The van der Waals surface area contributed by atoms with Gasteiger partial charge in [-0.15, -0.1) is 0 Å². The van der Waals surface area contributed by atoms with Crippen LogP contribution in [0.15, 0.2) is 36.4 Å². The van der Waals surface area contributed by atoms with E-state index in [-0.39, 0.29) is 12.1 Å². The van der Waals surface area contributed by atoms with E-state index in [1.54, 1.807) is 6.07 Å². The van der Waals surface area contributed by atoms with Crippen molar-refractivity contribution in [2.45, 2.75) is 32.1 Å². The smallest absolute Gasteiger partial charge is 0.153 e. The van der Waals surface area contributed by atoms with Gasteiger partial charge in [-0.1, -0.05) is 11.6 Å². The van der Waals surface area contributed by atoms with Gasteiger partial charge in [0.05, 0.1) is 6.54 Å². The van der Waals surface area contributed by atoms with Crippen molar-refractivity contribution in [1.82, 2.24) is 9.47 Å². The molecule has 1 unspecified atom stereocenters. The molecule has 2 aromatic carbocycles. The third-order valence-corrected chi connectivity index (χ3v) is 5.59. The lowest BCUT2D eigenvalue weighted by Gasteiger charge is -2.28. The maximum Gasteiger partial charge on any atom is 0.153 e. The van der Waals surface area contributed by atoms with Crippen LogP contribution < -0.4 is 0 Å². The van der Waals surface area contributed by atoms with Gasteiger partial charge in [-0.3, -0.25) is 0 Å². The van der Waals surface area contributed by atoms with Crippen molar-refractivity contribution in [3.63, 3.8) is 0 Å². The molecule has 1 atom stereocenters. The Morgan fingerprint density at radius 3 is 2.67 bits per heavy atom. The Bertz CT molecular complexity index is 1030. The highest BCUT2D eigenvalue weighted by Crippen LogP contribution is 2.37. The van der Waals surface area contributed by atoms with Gasteiger partial charge >= 0.3 is 0 Å². The highest BCUT2D eigenvalue weighted by atomic mass is 35.5. The summed E-state index contributed by atoms with van der Waals surface area (Å²) < 4.78 is 45.0. The number of rotatable bonds is 3. The molecular formula is C21H20ClF3N2. The lowest BCUT2D eigenvalue weighted by Crippen LogP contribution is -2.30. The summed E-state index contributed by atoms with van der Waals surface area (Å²) >= 11 is 6.18. The first-order valence-electron chi connectivity index (χ1n) is 8.89. The molecule has 0 aliphatic carbocycles. The van der Waals surface area contributed by atoms with E-state index in [2.05, 4.69) is 4.90 Å². The van der Waals surface area contributed by atoms with Crippen molar-refractivity contribution in [1.29, 1.82) is 0 Å². The van der Waals surface area contributed by atoms with Crippen LogP contribution in [-0.4, -0.2) is 23.1 Å². The van der Waals surface area contributed by atoms with Crippen molar-refractivity contribution in [3.05, 3.63) is 69.9 Å². The van der Waals surface area contributed by atoms with Crippen molar-refractivity contribution < 1.29 is 13.2 Å². The SMILES string of the molecule is CN1CCc2c(n(CC(C)(F)c3ccc(F)cc3F)c3ccc(Cl)cc23)C1. The molecule has 0 radical (unpaired) electrons. The average molecular weight is 393 g/mol. The predicted molar refractivity (Wildman–Crippen MR) is 102 cm³/mol. The van der Waals surface area contributed by atoms with Crippen LogP contribution in [0.3, 0.4) is 0 Å². The first-order chi connectivity index (χ1) is 12.8. The molecule has 2 heterocycles. The second-order valence-electron chi connectivity index (χ2n) is 7.48. The second-order valence-corrected chi connectivity index (χ2v) is 7.92. The zero-order valence-corrected chi connectivity index (χ0v) is 16.0. The predicted octanol–water partition coefficient (Wildman–Crippen LogP) is 5.45.